The Bertz CT molecular complexity index is 488. The molecule has 0 amide bonds. The molecule has 88 valence electrons. The van der Waals surface area contributed by atoms with Crippen LogP contribution in [0.2, 0.25) is 0 Å². The lowest BCUT2D eigenvalue weighted by Crippen LogP contribution is -2.24. The molecule has 0 fully saturated rings. The lowest BCUT2D eigenvalue weighted by molar-refractivity contribution is 0.581. The van der Waals surface area contributed by atoms with E-state index in [9.17, 15) is 8.42 Å². The zero-order chi connectivity index (χ0) is 12.0. The van der Waals surface area contributed by atoms with Gasteiger partial charge in [-0.05, 0) is 31.0 Å². The minimum atomic E-state index is -3.39. The molecule has 0 aromatic carbocycles. The number of nitrogens with one attached hydrogen (secondary N) is 1. The first kappa shape index (κ1) is 13.0. The summed E-state index contributed by atoms with van der Waals surface area (Å²) in [6.45, 7) is 2.42. The molecule has 16 heavy (non-hydrogen) atoms. The fourth-order valence-electron chi connectivity index (χ4n) is 1.03. The number of hydrogen-bond acceptors (Lipinski definition) is 4. The van der Waals surface area contributed by atoms with Crippen molar-refractivity contribution in [3.8, 4) is 0 Å². The number of aryl methyl sites for hydroxylation is 1. The van der Waals surface area contributed by atoms with Gasteiger partial charge in [0.15, 0.2) is 0 Å². The highest BCUT2D eigenvalue weighted by molar-refractivity contribution is 7.91. The molecular weight excluding hydrogens is 248 g/mol. The van der Waals surface area contributed by atoms with E-state index in [4.69, 9.17) is 5.53 Å². The second-order valence-corrected chi connectivity index (χ2v) is 6.35. The second-order valence-electron chi connectivity index (χ2n) is 3.07. The van der Waals surface area contributed by atoms with Gasteiger partial charge in [-0.15, -0.1) is 11.3 Å². The van der Waals surface area contributed by atoms with Gasteiger partial charge in [0, 0.05) is 22.9 Å². The second kappa shape index (κ2) is 5.86. The van der Waals surface area contributed by atoms with Gasteiger partial charge in [-0.1, -0.05) is 5.11 Å². The number of rotatable bonds is 6. The van der Waals surface area contributed by atoms with Gasteiger partial charge < -0.3 is 0 Å². The van der Waals surface area contributed by atoms with Crippen LogP contribution in [0.15, 0.2) is 21.5 Å². The highest BCUT2D eigenvalue weighted by atomic mass is 32.2. The first-order chi connectivity index (χ1) is 7.56. The molecule has 0 aliphatic carbocycles. The molecule has 1 N–H and O–H groups in total. The van der Waals surface area contributed by atoms with Crippen molar-refractivity contribution in [3.63, 3.8) is 0 Å². The lowest BCUT2D eigenvalue weighted by Gasteiger charge is -2.02. The van der Waals surface area contributed by atoms with Crippen LogP contribution in [-0.2, 0) is 10.0 Å². The molecular formula is C8H12N4O2S2. The van der Waals surface area contributed by atoms with Crippen molar-refractivity contribution in [2.75, 3.05) is 13.1 Å². The fourth-order valence-corrected chi connectivity index (χ4v) is 3.43. The maximum atomic E-state index is 11.7. The number of sulfonamides is 1. The van der Waals surface area contributed by atoms with Gasteiger partial charge in [-0.2, -0.15) is 0 Å². The number of hydrogen-bond donors (Lipinski definition) is 1. The van der Waals surface area contributed by atoms with Crippen molar-refractivity contribution >= 4 is 21.4 Å². The molecule has 1 aromatic rings. The first-order valence-corrected chi connectivity index (χ1v) is 6.93. The van der Waals surface area contributed by atoms with Crippen molar-refractivity contribution in [2.24, 2.45) is 5.11 Å². The van der Waals surface area contributed by atoms with Gasteiger partial charge in [-0.25, -0.2) is 13.1 Å². The summed E-state index contributed by atoms with van der Waals surface area (Å²) in [6, 6.07) is 3.34. The molecule has 6 nitrogen and oxygen atoms in total. The Morgan fingerprint density at radius 1 is 1.56 bits per heavy atom. The molecule has 0 atom stereocenters. The molecule has 0 saturated carbocycles. The molecule has 0 aliphatic rings. The van der Waals surface area contributed by atoms with Crippen molar-refractivity contribution < 1.29 is 8.42 Å². The Morgan fingerprint density at radius 3 is 2.88 bits per heavy atom. The molecule has 1 heterocycles. The standard InChI is InChI=1S/C8H12N4O2S2/c1-7-3-4-8(15-7)16(13,14)11-6-2-5-10-12-9/h3-4,11H,2,5-6H2,1H3. The van der Waals surface area contributed by atoms with E-state index in [1.807, 2.05) is 6.92 Å². The SMILES string of the molecule is Cc1ccc(S(=O)(=O)NCCCN=[N+]=[N-])s1. The predicted octanol–water partition coefficient (Wildman–Crippen LogP) is 2.04. The Kier molecular flexibility index (Phi) is 4.75. The third-order valence-electron chi connectivity index (χ3n) is 1.77. The highest BCUT2D eigenvalue weighted by Gasteiger charge is 2.14. The van der Waals surface area contributed by atoms with Gasteiger partial charge in [0.1, 0.15) is 4.21 Å². The van der Waals surface area contributed by atoms with Crippen LogP contribution >= 0.6 is 11.3 Å². The van der Waals surface area contributed by atoms with Crippen LogP contribution in [0, 0.1) is 6.92 Å². The Balaban J connectivity index is 2.50. The van der Waals surface area contributed by atoms with Crippen molar-refractivity contribution in [3.05, 3.63) is 27.5 Å². The van der Waals surface area contributed by atoms with Crippen LogP contribution in [0.4, 0.5) is 0 Å². The summed E-state index contributed by atoms with van der Waals surface area (Å²) in [5.74, 6) is 0. The molecule has 0 saturated heterocycles. The summed E-state index contributed by atoms with van der Waals surface area (Å²) >= 11 is 1.23. The topological polar surface area (TPSA) is 94.9 Å². The Hall–Kier alpha value is -1.08. The number of nitrogens with zero attached hydrogens (tertiary/aromatic N) is 3. The molecule has 0 spiro atoms. The van der Waals surface area contributed by atoms with Gasteiger partial charge in [0.25, 0.3) is 0 Å². The summed E-state index contributed by atoms with van der Waals surface area (Å²) in [5.41, 5.74) is 8.03. The fraction of sp³-hybridized carbons (Fsp3) is 0.500. The van der Waals surface area contributed by atoms with Gasteiger partial charge in [-0.3, -0.25) is 0 Å². The van der Waals surface area contributed by atoms with E-state index in [2.05, 4.69) is 14.7 Å². The monoisotopic (exact) mass is 260 g/mol. The summed E-state index contributed by atoms with van der Waals surface area (Å²) in [7, 11) is -3.39. The Labute approximate surface area is 98.0 Å². The van der Waals surface area contributed by atoms with E-state index < -0.39 is 10.0 Å². The highest BCUT2D eigenvalue weighted by Crippen LogP contribution is 2.19. The third kappa shape index (κ3) is 3.82. The van der Waals surface area contributed by atoms with E-state index in [-0.39, 0.29) is 6.54 Å². The largest absolute Gasteiger partial charge is 0.250 e. The van der Waals surface area contributed by atoms with Gasteiger partial charge in [0.05, 0.1) is 0 Å². The van der Waals surface area contributed by atoms with Crippen molar-refractivity contribution in [1.29, 1.82) is 0 Å². The van der Waals surface area contributed by atoms with Crippen LogP contribution < -0.4 is 4.72 Å². The number of thiophene rings is 1. The predicted molar refractivity (Wildman–Crippen MR) is 62.9 cm³/mol. The van der Waals surface area contributed by atoms with E-state index in [0.29, 0.717) is 17.2 Å². The van der Waals surface area contributed by atoms with Gasteiger partial charge >= 0.3 is 0 Å². The smallest absolute Gasteiger partial charge is 0.210 e. The molecule has 1 rings (SSSR count). The summed E-state index contributed by atoms with van der Waals surface area (Å²) in [6.07, 6.45) is 0.494. The molecule has 1 aromatic heterocycles. The average Bonchev–Trinajstić information content (AvgIpc) is 2.65. The maximum absolute atomic E-state index is 11.7. The summed E-state index contributed by atoms with van der Waals surface area (Å²) in [4.78, 5) is 3.53. The molecule has 0 bridgehead atoms. The van der Waals surface area contributed by atoms with E-state index in [1.165, 1.54) is 11.3 Å². The van der Waals surface area contributed by atoms with E-state index >= 15 is 0 Å². The molecule has 0 radical (unpaired) electrons. The van der Waals surface area contributed by atoms with E-state index in [1.54, 1.807) is 12.1 Å². The zero-order valence-electron chi connectivity index (χ0n) is 8.75. The maximum Gasteiger partial charge on any atom is 0.250 e. The molecule has 0 aliphatic heterocycles. The minimum absolute atomic E-state index is 0.276. The van der Waals surface area contributed by atoms with Crippen LogP contribution in [0.3, 0.4) is 0 Å². The van der Waals surface area contributed by atoms with Crippen molar-refractivity contribution in [1.82, 2.24) is 4.72 Å². The quantitative estimate of drug-likeness (QED) is 0.366. The number of azide groups is 1. The zero-order valence-corrected chi connectivity index (χ0v) is 10.4. The minimum Gasteiger partial charge on any atom is -0.210 e. The Morgan fingerprint density at radius 2 is 2.31 bits per heavy atom. The lowest BCUT2D eigenvalue weighted by atomic mass is 10.4. The van der Waals surface area contributed by atoms with Crippen LogP contribution in [0.25, 0.3) is 10.4 Å². The van der Waals surface area contributed by atoms with Crippen LogP contribution in [0.5, 0.6) is 0 Å². The summed E-state index contributed by atoms with van der Waals surface area (Å²) in [5, 5.41) is 3.32. The normalized spacial score (nSPS) is 11.1. The molecule has 8 heteroatoms. The van der Waals surface area contributed by atoms with Crippen LogP contribution in [0.1, 0.15) is 11.3 Å². The first-order valence-electron chi connectivity index (χ1n) is 4.63. The average molecular weight is 260 g/mol. The van der Waals surface area contributed by atoms with Crippen LogP contribution in [-0.4, -0.2) is 21.5 Å². The van der Waals surface area contributed by atoms with E-state index in [0.717, 1.165) is 4.88 Å². The molecule has 0 unspecified atom stereocenters. The summed E-state index contributed by atoms with van der Waals surface area (Å²) < 4.78 is 26.1. The third-order valence-corrected chi connectivity index (χ3v) is 4.72. The van der Waals surface area contributed by atoms with Crippen molar-refractivity contribution in [2.45, 2.75) is 17.6 Å². The van der Waals surface area contributed by atoms with Gasteiger partial charge in [0.2, 0.25) is 10.0 Å².